The van der Waals surface area contributed by atoms with Gasteiger partial charge in [-0.15, -0.1) is 13.2 Å². The first-order valence-corrected chi connectivity index (χ1v) is 7.43. The lowest BCUT2D eigenvalue weighted by Gasteiger charge is -2.22. The van der Waals surface area contributed by atoms with Crippen molar-refractivity contribution < 1.29 is 17.9 Å². The third-order valence-electron chi connectivity index (χ3n) is 3.87. The molecule has 0 saturated carbocycles. The molecule has 2 aromatic rings. The number of nitrogens with two attached hydrogens (primary N) is 1. The van der Waals surface area contributed by atoms with Gasteiger partial charge in [0.05, 0.1) is 0 Å². The van der Waals surface area contributed by atoms with Crippen molar-refractivity contribution in [1.82, 2.24) is 0 Å². The Morgan fingerprint density at radius 3 is 2.22 bits per heavy atom. The van der Waals surface area contributed by atoms with Crippen LogP contribution in [0.25, 0.3) is 11.1 Å². The molecule has 3 nitrogen and oxygen atoms in total. The maximum absolute atomic E-state index is 12.2. The van der Waals surface area contributed by atoms with Crippen molar-refractivity contribution in [3.63, 3.8) is 0 Å². The third kappa shape index (κ3) is 3.70. The summed E-state index contributed by atoms with van der Waals surface area (Å²) in [5.41, 5.74) is 9.30. The van der Waals surface area contributed by atoms with Gasteiger partial charge in [0.2, 0.25) is 0 Å². The van der Waals surface area contributed by atoms with E-state index < -0.39 is 6.36 Å². The summed E-state index contributed by atoms with van der Waals surface area (Å²) >= 11 is 0. The molecule has 0 bridgehead atoms. The predicted octanol–water partition coefficient (Wildman–Crippen LogP) is 4.43. The number of benzene rings is 2. The summed E-state index contributed by atoms with van der Waals surface area (Å²) < 4.78 is 40.6. The van der Waals surface area contributed by atoms with Gasteiger partial charge in [0.1, 0.15) is 5.75 Å². The Hall–Kier alpha value is -2.37. The van der Waals surface area contributed by atoms with E-state index in [1.165, 1.54) is 12.1 Å². The number of hydrogen-bond donors (Lipinski definition) is 1. The topological polar surface area (TPSA) is 38.5 Å². The summed E-state index contributed by atoms with van der Waals surface area (Å²) in [6.07, 6.45) is -2.40. The molecule has 3 rings (SSSR count). The molecule has 1 saturated heterocycles. The van der Waals surface area contributed by atoms with Crippen LogP contribution < -0.4 is 15.4 Å². The second kappa shape index (κ2) is 6.02. The molecular weight excluding hydrogens is 305 g/mol. The number of alkyl halides is 3. The maximum atomic E-state index is 12.2. The van der Waals surface area contributed by atoms with E-state index in [1.807, 2.05) is 18.2 Å². The fraction of sp³-hybridized carbons (Fsp3) is 0.294. The van der Waals surface area contributed by atoms with E-state index in [0.29, 0.717) is 5.69 Å². The summed E-state index contributed by atoms with van der Waals surface area (Å²) in [5, 5.41) is 0. The van der Waals surface area contributed by atoms with E-state index in [-0.39, 0.29) is 5.75 Å². The van der Waals surface area contributed by atoms with Gasteiger partial charge in [-0.05, 0) is 48.7 Å². The minimum absolute atomic E-state index is 0.229. The molecule has 0 aliphatic carbocycles. The highest BCUT2D eigenvalue weighted by Gasteiger charge is 2.31. The van der Waals surface area contributed by atoms with Gasteiger partial charge in [0.15, 0.2) is 0 Å². The van der Waals surface area contributed by atoms with Crippen LogP contribution >= 0.6 is 0 Å². The molecule has 2 aromatic carbocycles. The minimum Gasteiger partial charge on any atom is -0.406 e. The number of halogens is 3. The van der Waals surface area contributed by atoms with Crippen LogP contribution in [0.3, 0.4) is 0 Å². The smallest absolute Gasteiger partial charge is 0.406 e. The van der Waals surface area contributed by atoms with Gasteiger partial charge in [-0.3, -0.25) is 0 Å². The lowest BCUT2D eigenvalue weighted by molar-refractivity contribution is -0.274. The molecule has 0 atom stereocenters. The molecular formula is C17H17F3N2O. The molecule has 122 valence electrons. The van der Waals surface area contributed by atoms with Gasteiger partial charge in [-0.1, -0.05) is 12.1 Å². The predicted molar refractivity (Wildman–Crippen MR) is 84.4 cm³/mol. The average Bonchev–Trinajstić information content (AvgIpc) is 3.00. The Kier molecular flexibility index (Phi) is 4.07. The lowest BCUT2D eigenvalue weighted by atomic mass is 10.0. The first kappa shape index (κ1) is 15.5. The minimum atomic E-state index is -4.68. The van der Waals surface area contributed by atoms with Crippen LogP contribution in [0.2, 0.25) is 0 Å². The van der Waals surface area contributed by atoms with Gasteiger partial charge >= 0.3 is 6.36 Å². The molecule has 1 aliphatic rings. The second-order valence-electron chi connectivity index (χ2n) is 5.54. The van der Waals surface area contributed by atoms with Gasteiger partial charge < -0.3 is 15.4 Å². The van der Waals surface area contributed by atoms with E-state index in [2.05, 4.69) is 9.64 Å². The van der Waals surface area contributed by atoms with Crippen LogP contribution in [-0.4, -0.2) is 19.5 Å². The van der Waals surface area contributed by atoms with Crippen molar-refractivity contribution in [2.75, 3.05) is 23.7 Å². The average molecular weight is 322 g/mol. The van der Waals surface area contributed by atoms with E-state index in [4.69, 9.17) is 5.73 Å². The van der Waals surface area contributed by atoms with E-state index in [1.54, 1.807) is 12.1 Å². The highest BCUT2D eigenvalue weighted by Crippen LogP contribution is 2.35. The largest absolute Gasteiger partial charge is 0.573 e. The van der Waals surface area contributed by atoms with Crippen molar-refractivity contribution in [3.8, 4) is 16.9 Å². The van der Waals surface area contributed by atoms with Crippen LogP contribution in [0.15, 0.2) is 42.5 Å². The quantitative estimate of drug-likeness (QED) is 0.849. The number of rotatable bonds is 3. The van der Waals surface area contributed by atoms with Crippen molar-refractivity contribution >= 4 is 11.4 Å². The summed E-state index contributed by atoms with van der Waals surface area (Å²) in [6, 6.07) is 11.5. The fourth-order valence-electron chi connectivity index (χ4n) is 2.85. The Morgan fingerprint density at radius 2 is 1.61 bits per heavy atom. The van der Waals surface area contributed by atoms with Gasteiger partial charge in [0, 0.05) is 30.0 Å². The van der Waals surface area contributed by atoms with Crippen molar-refractivity contribution in [2.24, 2.45) is 0 Å². The first-order chi connectivity index (χ1) is 10.9. The van der Waals surface area contributed by atoms with Gasteiger partial charge in [0.25, 0.3) is 0 Å². The molecule has 6 heteroatoms. The Labute approximate surface area is 132 Å². The number of hydrogen-bond acceptors (Lipinski definition) is 3. The maximum Gasteiger partial charge on any atom is 0.573 e. The summed E-state index contributed by atoms with van der Waals surface area (Å²) in [5.74, 6) is -0.229. The molecule has 1 heterocycles. The summed E-state index contributed by atoms with van der Waals surface area (Å²) in [6.45, 7) is 1.96. The summed E-state index contributed by atoms with van der Waals surface area (Å²) in [7, 11) is 0. The second-order valence-corrected chi connectivity index (χ2v) is 5.54. The molecule has 0 spiro atoms. The third-order valence-corrected chi connectivity index (χ3v) is 3.87. The molecule has 23 heavy (non-hydrogen) atoms. The first-order valence-electron chi connectivity index (χ1n) is 7.43. The Morgan fingerprint density at radius 1 is 0.957 bits per heavy atom. The zero-order chi connectivity index (χ0) is 16.4. The number of anilines is 2. The van der Waals surface area contributed by atoms with Gasteiger partial charge in [-0.25, -0.2) is 0 Å². The fourth-order valence-corrected chi connectivity index (χ4v) is 2.85. The Bertz CT molecular complexity index is 677. The van der Waals surface area contributed by atoms with E-state index >= 15 is 0 Å². The zero-order valence-electron chi connectivity index (χ0n) is 12.4. The van der Waals surface area contributed by atoms with E-state index in [9.17, 15) is 13.2 Å². The van der Waals surface area contributed by atoms with Crippen molar-refractivity contribution in [1.29, 1.82) is 0 Å². The highest BCUT2D eigenvalue weighted by atomic mass is 19.4. The standard InChI is InChI=1S/C17H17F3N2O/c18-17(19,20)23-14-6-3-12(4-7-14)15-11-13(21)5-8-16(15)22-9-1-2-10-22/h3-8,11H,1-2,9-10,21H2. The molecule has 1 fully saturated rings. The SMILES string of the molecule is Nc1ccc(N2CCCC2)c(-c2ccc(OC(F)(F)F)cc2)c1. The lowest BCUT2D eigenvalue weighted by Crippen LogP contribution is -2.18. The van der Waals surface area contributed by atoms with Crippen LogP contribution in [0.4, 0.5) is 24.5 Å². The monoisotopic (exact) mass is 322 g/mol. The molecule has 1 aliphatic heterocycles. The van der Waals surface area contributed by atoms with E-state index in [0.717, 1.165) is 42.7 Å². The van der Waals surface area contributed by atoms with Crippen LogP contribution in [0, 0.1) is 0 Å². The van der Waals surface area contributed by atoms with Crippen molar-refractivity contribution in [3.05, 3.63) is 42.5 Å². The normalized spacial score (nSPS) is 15.0. The number of nitrogens with zero attached hydrogens (tertiary/aromatic N) is 1. The molecule has 2 N–H and O–H groups in total. The molecule has 0 aromatic heterocycles. The molecule has 0 amide bonds. The Balaban J connectivity index is 1.93. The zero-order valence-corrected chi connectivity index (χ0v) is 12.4. The van der Waals surface area contributed by atoms with Gasteiger partial charge in [-0.2, -0.15) is 0 Å². The number of ether oxygens (including phenoxy) is 1. The summed E-state index contributed by atoms with van der Waals surface area (Å²) in [4.78, 5) is 2.27. The molecule has 0 radical (unpaired) electrons. The molecule has 0 unspecified atom stereocenters. The van der Waals surface area contributed by atoms with Crippen LogP contribution in [-0.2, 0) is 0 Å². The van der Waals surface area contributed by atoms with Crippen molar-refractivity contribution in [2.45, 2.75) is 19.2 Å². The number of nitrogen functional groups attached to an aromatic ring is 1. The highest BCUT2D eigenvalue weighted by molar-refractivity contribution is 5.81. The van der Waals surface area contributed by atoms with Crippen LogP contribution in [0.1, 0.15) is 12.8 Å². The van der Waals surface area contributed by atoms with Crippen LogP contribution in [0.5, 0.6) is 5.75 Å².